The molecule has 2 aromatic rings. The Kier molecular flexibility index (Phi) is 5.13. The zero-order valence-electron chi connectivity index (χ0n) is 15.4. The van der Waals surface area contributed by atoms with Crippen molar-refractivity contribution in [2.24, 2.45) is 0 Å². The van der Waals surface area contributed by atoms with Gasteiger partial charge in [0.1, 0.15) is 5.69 Å². The molecule has 3 heterocycles. The van der Waals surface area contributed by atoms with Gasteiger partial charge in [0.05, 0.1) is 23.6 Å². The summed E-state index contributed by atoms with van der Waals surface area (Å²) in [6.45, 7) is 5.54. The molecule has 1 atom stereocenters. The van der Waals surface area contributed by atoms with Crippen LogP contribution in [-0.2, 0) is 6.54 Å². The molecule has 1 amide bonds. The summed E-state index contributed by atoms with van der Waals surface area (Å²) in [7, 11) is 4.01. The van der Waals surface area contributed by atoms with E-state index in [1.54, 1.807) is 29.3 Å². The molecule has 1 saturated heterocycles. The van der Waals surface area contributed by atoms with Crippen LogP contribution >= 0.6 is 0 Å². The molecular weight excluding hydrogens is 316 g/mol. The number of likely N-dealkylation sites (tertiary alicyclic amines) is 1. The first-order valence-electron chi connectivity index (χ1n) is 8.77. The number of hydrogen-bond donors (Lipinski definition) is 0. The van der Waals surface area contributed by atoms with Gasteiger partial charge in [-0.05, 0) is 46.9 Å². The fourth-order valence-electron chi connectivity index (χ4n) is 3.34. The molecule has 0 radical (unpaired) electrons. The Morgan fingerprint density at radius 1 is 1.36 bits per heavy atom. The maximum absolute atomic E-state index is 13.1. The zero-order chi connectivity index (χ0) is 18.0. The van der Waals surface area contributed by atoms with Crippen LogP contribution in [0.2, 0.25) is 0 Å². The fraction of sp³-hybridized carbons (Fsp3) is 0.556. The minimum absolute atomic E-state index is 0.0161. The highest BCUT2D eigenvalue weighted by Crippen LogP contribution is 2.32. The van der Waals surface area contributed by atoms with E-state index < -0.39 is 0 Å². The molecule has 0 unspecified atom stereocenters. The first-order valence-corrected chi connectivity index (χ1v) is 8.77. The molecule has 0 spiro atoms. The number of carbonyl (C=O) groups excluding carboxylic acids is 1. The van der Waals surface area contributed by atoms with Crippen LogP contribution in [0.15, 0.2) is 24.7 Å². The van der Waals surface area contributed by atoms with Crippen molar-refractivity contribution in [2.75, 3.05) is 20.6 Å². The smallest absolute Gasteiger partial charge is 0.272 e. The van der Waals surface area contributed by atoms with Crippen LogP contribution in [0.5, 0.6) is 0 Å². The molecule has 1 aliphatic heterocycles. The largest absolute Gasteiger partial charge is 0.329 e. The Bertz CT molecular complexity index is 739. The van der Waals surface area contributed by atoms with Crippen molar-refractivity contribution in [1.29, 1.82) is 0 Å². The quantitative estimate of drug-likeness (QED) is 0.834. The van der Waals surface area contributed by atoms with Crippen molar-refractivity contribution in [1.82, 2.24) is 29.5 Å². The third-order valence-electron chi connectivity index (χ3n) is 4.41. The van der Waals surface area contributed by atoms with E-state index in [0.29, 0.717) is 5.69 Å². The minimum Gasteiger partial charge on any atom is -0.329 e. The average molecular weight is 342 g/mol. The van der Waals surface area contributed by atoms with Crippen LogP contribution in [0, 0.1) is 0 Å². The number of aromatic nitrogens is 4. The SMILES string of the molecule is CC(C)n1nccc1C(=O)N1CCC[C@@H]1c1cncc(CN(C)C)n1. The molecule has 2 aromatic heterocycles. The summed E-state index contributed by atoms with van der Waals surface area (Å²) in [5, 5.41) is 4.29. The highest BCUT2D eigenvalue weighted by Gasteiger charge is 2.33. The van der Waals surface area contributed by atoms with E-state index in [9.17, 15) is 4.79 Å². The summed E-state index contributed by atoms with van der Waals surface area (Å²) in [4.78, 5) is 26.2. The Labute approximate surface area is 148 Å². The van der Waals surface area contributed by atoms with E-state index in [2.05, 4.69) is 15.0 Å². The van der Waals surface area contributed by atoms with Crippen molar-refractivity contribution in [2.45, 2.75) is 45.3 Å². The van der Waals surface area contributed by atoms with Crippen LogP contribution in [-0.4, -0.2) is 56.1 Å². The maximum atomic E-state index is 13.1. The third kappa shape index (κ3) is 3.71. The maximum Gasteiger partial charge on any atom is 0.272 e. The fourth-order valence-corrected chi connectivity index (χ4v) is 3.34. The summed E-state index contributed by atoms with van der Waals surface area (Å²) >= 11 is 0. The van der Waals surface area contributed by atoms with Crippen LogP contribution in [0.25, 0.3) is 0 Å². The highest BCUT2D eigenvalue weighted by atomic mass is 16.2. The summed E-state index contributed by atoms with van der Waals surface area (Å²) in [5.41, 5.74) is 2.44. The lowest BCUT2D eigenvalue weighted by atomic mass is 10.1. The molecule has 134 valence electrons. The molecule has 0 saturated carbocycles. The lowest BCUT2D eigenvalue weighted by molar-refractivity contribution is 0.0717. The van der Waals surface area contributed by atoms with E-state index in [1.165, 1.54) is 0 Å². The monoisotopic (exact) mass is 342 g/mol. The molecule has 1 aliphatic rings. The summed E-state index contributed by atoms with van der Waals surface area (Å²) in [5.74, 6) is 0.0218. The zero-order valence-corrected chi connectivity index (χ0v) is 15.4. The van der Waals surface area contributed by atoms with Crippen LogP contribution in [0.4, 0.5) is 0 Å². The molecule has 7 nitrogen and oxygen atoms in total. The number of nitrogens with zero attached hydrogens (tertiary/aromatic N) is 6. The number of carbonyl (C=O) groups is 1. The van der Waals surface area contributed by atoms with Crippen LogP contribution < -0.4 is 0 Å². The van der Waals surface area contributed by atoms with Gasteiger partial charge in [0.25, 0.3) is 5.91 Å². The normalized spacial score (nSPS) is 17.7. The van der Waals surface area contributed by atoms with Crippen molar-refractivity contribution >= 4 is 5.91 Å². The van der Waals surface area contributed by atoms with E-state index in [0.717, 1.165) is 37.3 Å². The van der Waals surface area contributed by atoms with Gasteiger partial charge in [-0.3, -0.25) is 19.4 Å². The Morgan fingerprint density at radius 3 is 2.88 bits per heavy atom. The first kappa shape index (κ1) is 17.5. The molecule has 0 bridgehead atoms. The highest BCUT2D eigenvalue weighted by molar-refractivity contribution is 5.93. The molecule has 3 rings (SSSR count). The Balaban J connectivity index is 1.85. The summed E-state index contributed by atoms with van der Waals surface area (Å²) in [6.07, 6.45) is 7.16. The van der Waals surface area contributed by atoms with Crippen molar-refractivity contribution < 1.29 is 4.79 Å². The van der Waals surface area contributed by atoms with E-state index in [4.69, 9.17) is 4.98 Å². The second kappa shape index (κ2) is 7.31. The van der Waals surface area contributed by atoms with Crippen molar-refractivity contribution in [3.8, 4) is 0 Å². The Morgan fingerprint density at radius 2 is 2.16 bits per heavy atom. The van der Waals surface area contributed by atoms with Gasteiger partial charge in [-0.2, -0.15) is 5.10 Å². The third-order valence-corrected chi connectivity index (χ3v) is 4.41. The van der Waals surface area contributed by atoms with Gasteiger partial charge in [0.2, 0.25) is 0 Å². The van der Waals surface area contributed by atoms with Gasteiger partial charge in [0, 0.05) is 31.5 Å². The van der Waals surface area contributed by atoms with Gasteiger partial charge in [-0.1, -0.05) is 0 Å². The van der Waals surface area contributed by atoms with E-state index >= 15 is 0 Å². The second-order valence-corrected chi connectivity index (χ2v) is 7.08. The van der Waals surface area contributed by atoms with Crippen LogP contribution in [0.1, 0.15) is 60.6 Å². The van der Waals surface area contributed by atoms with E-state index in [-0.39, 0.29) is 18.0 Å². The molecule has 0 aromatic carbocycles. The number of amides is 1. The number of hydrogen-bond acceptors (Lipinski definition) is 5. The second-order valence-electron chi connectivity index (χ2n) is 7.08. The molecular formula is C18H26N6O. The lowest BCUT2D eigenvalue weighted by Crippen LogP contribution is -2.33. The molecule has 0 aliphatic carbocycles. The first-order chi connectivity index (χ1) is 12.0. The molecule has 1 fully saturated rings. The van der Waals surface area contributed by atoms with Crippen molar-refractivity contribution in [3.05, 3.63) is 41.7 Å². The molecule has 0 N–H and O–H groups in total. The number of rotatable bonds is 5. The van der Waals surface area contributed by atoms with Crippen LogP contribution in [0.3, 0.4) is 0 Å². The van der Waals surface area contributed by atoms with Gasteiger partial charge in [0.15, 0.2) is 0 Å². The lowest BCUT2D eigenvalue weighted by Gasteiger charge is -2.25. The topological polar surface area (TPSA) is 67.2 Å². The van der Waals surface area contributed by atoms with Crippen molar-refractivity contribution in [3.63, 3.8) is 0 Å². The average Bonchev–Trinajstić information content (AvgIpc) is 3.23. The Hall–Kier alpha value is -2.28. The molecule has 7 heteroatoms. The van der Waals surface area contributed by atoms with E-state index in [1.807, 2.05) is 32.8 Å². The minimum atomic E-state index is -0.0161. The van der Waals surface area contributed by atoms with Gasteiger partial charge < -0.3 is 9.80 Å². The standard InChI is InChI=1S/C18H26N6O/c1-13(2)24-17(7-8-20-24)18(25)23-9-5-6-16(23)15-11-19-10-14(21-15)12-22(3)4/h7-8,10-11,13,16H,5-6,9,12H2,1-4H3/t16-/m1/s1. The molecule has 25 heavy (non-hydrogen) atoms. The summed E-state index contributed by atoms with van der Waals surface area (Å²) < 4.78 is 1.78. The van der Waals surface area contributed by atoms with Gasteiger partial charge in [-0.15, -0.1) is 0 Å². The predicted molar refractivity (Wildman–Crippen MR) is 95.0 cm³/mol. The predicted octanol–water partition coefficient (Wildman–Crippen LogP) is 2.29. The van der Waals surface area contributed by atoms with Gasteiger partial charge >= 0.3 is 0 Å². The van der Waals surface area contributed by atoms with Gasteiger partial charge in [-0.25, -0.2) is 0 Å². The summed E-state index contributed by atoms with van der Waals surface area (Å²) in [6, 6.07) is 1.93.